The Balaban J connectivity index is 1.76. The SMILES string of the molecule is CC(C)[C@@H](C)N(Cc1ccccc1)Cc1cccn1Cc1ccc(C(F)(F)F)cc1. The van der Waals surface area contributed by atoms with E-state index in [9.17, 15) is 13.2 Å². The monoisotopic (exact) mass is 414 g/mol. The molecule has 0 spiro atoms. The molecule has 0 amide bonds. The first-order valence-corrected chi connectivity index (χ1v) is 10.3. The molecular weight excluding hydrogens is 385 g/mol. The van der Waals surface area contributed by atoms with E-state index in [-0.39, 0.29) is 0 Å². The average molecular weight is 415 g/mol. The third-order valence-electron chi connectivity index (χ3n) is 5.69. The summed E-state index contributed by atoms with van der Waals surface area (Å²) in [6.07, 6.45) is -2.31. The number of halogens is 3. The lowest BCUT2D eigenvalue weighted by molar-refractivity contribution is -0.137. The van der Waals surface area contributed by atoms with Gasteiger partial charge in [0.1, 0.15) is 0 Å². The zero-order valence-electron chi connectivity index (χ0n) is 17.7. The highest BCUT2D eigenvalue weighted by molar-refractivity contribution is 5.25. The second kappa shape index (κ2) is 9.52. The number of hydrogen-bond acceptors (Lipinski definition) is 1. The fourth-order valence-corrected chi connectivity index (χ4v) is 3.53. The second-order valence-electron chi connectivity index (χ2n) is 8.20. The highest BCUT2D eigenvalue weighted by Gasteiger charge is 2.30. The second-order valence-corrected chi connectivity index (χ2v) is 8.20. The molecule has 2 nitrogen and oxygen atoms in total. The van der Waals surface area contributed by atoms with E-state index in [0.717, 1.165) is 36.5 Å². The van der Waals surface area contributed by atoms with E-state index in [2.05, 4.69) is 60.6 Å². The van der Waals surface area contributed by atoms with E-state index in [1.54, 1.807) is 12.1 Å². The van der Waals surface area contributed by atoms with Crippen LogP contribution in [0.15, 0.2) is 72.9 Å². The van der Waals surface area contributed by atoms with E-state index in [4.69, 9.17) is 0 Å². The number of alkyl halides is 3. The smallest absolute Gasteiger partial charge is 0.346 e. The Morgan fingerprint density at radius 2 is 1.47 bits per heavy atom. The molecule has 2 aromatic carbocycles. The van der Waals surface area contributed by atoms with Crippen LogP contribution < -0.4 is 0 Å². The normalized spacial score (nSPS) is 13.2. The van der Waals surface area contributed by atoms with E-state index in [0.29, 0.717) is 18.5 Å². The Kier molecular flexibility index (Phi) is 7.03. The molecule has 0 saturated heterocycles. The number of aromatic nitrogens is 1. The summed E-state index contributed by atoms with van der Waals surface area (Å²) in [6, 6.07) is 20.3. The third-order valence-corrected chi connectivity index (χ3v) is 5.69. The van der Waals surface area contributed by atoms with Gasteiger partial charge in [-0.15, -0.1) is 0 Å². The van der Waals surface area contributed by atoms with Gasteiger partial charge >= 0.3 is 6.18 Å². The molecule has 1 heterocycles. The van der Waals surface area contributed by atoms with Crippen LogP contribution in [-0.2, 0) is 25.8 Å². The van der Waals surface area contributed by atoms with Crippen LogP contribution in [0.4, 0.5) is 13.2 Å². The van der Waals surface area contributed by atoms with Crippen molar-refractivity contribution >= 4 is 0 Å². The van der Waals surface area contributed by atoms with Gasteiger partial charge in [0.05, 0.1) is 5.56 Å². The molecule has 0 aliphatic carbocycles. The molecular formula is C25H29F3N2. The quantitative estimate of drug-likeness (QED) is 0.403. The molecule has 0 fully saturated rings. The fraction of sp³-hybridized carbons (Fsp3) is 0.360. The molecule has 0 aliphatic rings. The summed E-state index contributed by atoms with van der Waals surface area (Å²) in [6.45, 7) is 8.88. The maximum Gasteiger partial charge on any atom is 0.416 e. The lowest BCUT2D eigenvalue weighted by Gasteiger charge is -2.32. The Bertz CT molecular complexity index is 912. The summed E-state index contributed by atoms with van der Waals surface area (Å²) in [5.74, 6) is 0.507. The Morgan fingerprint density at radius 3 is 2.07 bits per heavy atom. The van der Waals surface area contributed by atoms with Crippen molar-refractivity contribution < 1.29 is 13.2 Å². The molecule has 5 heteroatoms. The largest absolute Gasteiger partial charge is 0.416 e. The highest BCUT2D eigenvalue weighted by atomic mass is 19.4. The van der Waals surface area contributed by atoms with Crippen LogP contribution >= 0.6 is 0 Å². The van der Waals surface area contributed by atoms with E-state index >= 15 is 0 Å². The van der Waals surface area contributed by atoms with Gasteiger partial charge in [-0.1, -0.05) is 56.3 Å². The summed E-state index contributed by atoms with van der Waals surface area (Å²) in [7, 11) is 0. The molecule has 0 saturated carbocycles. The molecule has 0 aliphatic heterocycles. The van der Waals surface area contributed by atoms with E-state index in [1.165, 1.54) is 5.56 Å². The lowest BCUT2D eigenvalue weighted by Crippen LogP contribution is -2.36. The number of nitrogens with zero attached hydrogens (tertiary/aromatic N) is 2. The van der Waals surface area contributed by atoms with Gasteiger partial charge in [-0.3, -0.25) is 4.90 Å². The minimum Gasteiger partial charge on any atom is -0.346 e. The predicted octanol–water partition coefficient (Wildman–Crippen LogP) is 6.60. The Morgan fingerprint density at radius 1 is 0.800 bits per heavy atom. The van der Waals surface area contributed by atoms with Crippen molar-refractivity contribution in [3.63, 3.8) is 0 Å². The first kappa shape index (κ1) is 22.2. The van der Waals surface area contributed by atoms with Crippen molar-refractivity contribution in [1.29, 1.82) is 0 Å². The first-order valence-electron chi connectivity index (χ1n) is 10.3. The summed E-state index contributed by atoms with van der Waals surface area (Å²) >= 11 is 0. The fourth-order valence-electron chi connectivity index (χ4n) is 3.53. The van der Waals surface area contributed by atoms with Crippen molar-refractivity contribution in [1.82, 2.24) is 9.47 Å². The maximum atomic E-state index is 12.8. The van der Waals surface area contributed by atoms with Crippen molar-refractivity contribution in [2.45, 2.75) is 52.6 Å². The minimum atomic E-state index is -4.30. The van der Waals surface area contributed by atoms with Gasteiger partial charge < -0.3 is 4.57 Å². The molecule has 0 N–H and O–H groups in total. The molecule has 3 aromatic rings. The van der Waals surface area contributed by atoms with E-state index < -0.39 is 11.7 Å². The van der Waals surface area contributed by atoms with Gasteiger partial charge in [0.25, 0.3) is 0 Å². The molecule has 160 valence electrons. The summed E-state index contributed by atoms with van der Waals surface area (Å²) in [5, 5.41) is 0. The summed E-state index contributed by atoms with van der Waals surface area (Å²) in [5.41, 5.74) is 2.66. The predicted molar refractivity (Wildman–Crippen MR) is 115 cm³/mol. The standard InChI is InChI=1S/C25H29F3N2/c1-19(2)20(3)30(17-21-8-5-4-6-9-21)18-24-10-7-15-29(24)16-22-11-13-23(14-12-22)25(26,27)28/h4-15,19-20H,16-18H2,1-3H3/t20-/m1/s1. The van der Waals surface area contributed by atoms with Crippen LogP contribution in [0.1, 0.15) is 43.2 Å². The zero-order chi connectivity index (χ0) is 21.7. The van der Waals surface area contributed by atoms with Crippen molar-refractivity contribution in [3.8, 4) is 0 Å². The third kappa shape index (κ3) is 5.76. The molecule has 30 heavy (non-hydrogen) atoms. The Hall–Kier alpha value is -2.53. The van der Waals surface area contributed by atoms with Gasteiger partial charge in [0.2, 0.25) is 0 Å². The molecule has 1 atom stereocenters. The van der Waals surface area contributed by atoms with Gasteiger partial charge in [0.15, 0.2) is 0 Å². The topological polar surface area (TPSA) is 8.17 Å². The molecule has 0 unspecified atom stereocenters. The van der Waals surface area contributed by atoms with E-state index in [1.807, 2.05) is 18.3 Å². The van der Waals surface area contributed by atoms with Crippen molar-refractivity contribution in [3.05, 3.63) is 95.3 Å². The maximum absolute atomic E-state index is 12.8. The van der Waals surface area contributed by atoms with Crippen LogP contribution in [0, 0.1) is 5.92 Å². The summed E-state index contributed by atoms with van der Waals surface area (Å²) < 4.78 is 40.6. The minimum absolute atomic E-state index is 0.389. The van der Waals surface area contributed by atoms with Crippen molar-refractivity contribution in [2.75, 3.05) is 0 Å². The zero-order valence-corrected chi connectivity index (χ0v) is 17.7. The van der Waals surface area contributed by atoms with Crippen LogP contribution in [0.25, 0.3) is 0 Å². The highest BCUT2D eigenvalue weighted by Crippen LogP contribution is 2.29. The summed E-state index contributed by atoms with van der Waals surface area (Å²) in [4.78, 5) is 2.46. The van der Waals surface area contributed by atoms with Crippen LogP contribution in [-0.4, -0.2) is 15.5 Å². The van der Waals surface area contributed by atoms with Crippen LogP contribution in [0.3, 0.4) is 0 Å². The molecule has 3 rings (SSSR count). The number of rotatable bonds is 8. The number of hydrogen-bond donors (Lipinski definition) is 0. The molecule has 0 radical (unpaired) electrons. The molecule has 1 aromatic heterocycles. The van der Waals surface area contributed by atoms with Gasteiger partial charge in [-0.05, 0) is 48.2 Å². The van der Waals surface area contributed by atoms with Crippen molar-refractivity contribution in [2.24, 2.45) is 5.92 Å². The van der Waals surface area contributed by atoms with Crippen LogP contribution in [0.2, 0.25) is 0 Å². The number of benzene rings is 2. The lowest BCUT2D eigenvalue weighted by atomic mass is 10.0. The average Bonchev–Trinajstić information content (AvgIpc) is 3.14. The van der Waals surface area contributed by atoms with Gasteiger partial charge in [0, 0.05) is 37.6 Å². The first-order chi connectivity index (χ1) is 14.2. The van der Waals surface area contributed by atoms with Gasteiger partial charge in [-0.25, -0.2) is 0 Å². The Labute approximate surface area is 177 Å². The molecule has 0 bridgehead atoms. The van der Waals surface area contributed by atoms with Gasteiger partial charge in [-0.2, -0.15) is 13.2 Å². The van der Waals surface area contributed by atoms with Crippen LogP contribution in [0.5, 0.6) is 0 Å².